The molecular formula is C22H19ClN2S. The van der Waals surface area contributed by atoms with Crippen LogP contribution in [0, 0.1) is 13.8 Å². The highest BCUT2D eigenvalue weighted by atomic mass is 35.5. The summed E-state index contributed by atoms with van der Waals surface area (Å²) in [6, 6.07) is 14.5. The third-order valence-electron chi connectivity index (χ3n) is 4.62. The molecule has 4 rings (SSSR count). The third-order valence-corrected chi connectivity index (χ3v) is 5.57. The predicted octanol–water partition coefficient (Wildman–Crippen LogP) is 6.59. The van der Waals surface area contributed by atoms with Gasteiger partial charge < -0.3 is 4.57 Å². The molecule has 130 valence electrons. The van der Waals surface area contributed by atoms with Crippen LogP contribution in [0.25, 0.3) is 23.2 Å². The van der Waals surface area contributed by atoms with Crippen molar-refractivity contribution in [2.24, 2.45) is 0 Å². The van der Waals surface area contributed by atoms with Gasteiger partial charge >= 0.3 is 0 Å². The van der Waals surface area contributed by atoms with E-state index >= 15 is 0 Å². The zero-order chi connectivity index (χ0) is 18.1. The maximum absolute atomic E-state index is 6.04. The highest BCUT2D eigenvalue weighted by Gasteiger charge is 2.11. The molecule has 0 saturated carbocycles. The van der Waals surface area contributed by atoms with Gasteiger partial charge in [-0.2, -0.15) is 11.3 Å². The third kappa shape index (κ3) is 3.46. The molecule has 0 aliphatic rings. The van der Waals surface area contributed by atoms with Crippen molar-refractivity contribution in [3.05, 3.63) is 86.3 Å². The summed E-state index contributed by atoms with van der Waals surface area (Å²) in [5, 5.41) is 4.98. The van der Waals surface area contributed by atoms with Crippen LogP contribution in [0.1, 0.15) is 28.1 Å². The molecule has 0 aliphatic heterocycles. The van der Waals surface area contributed by atoms with E-state index in [9.17, 15) is 0 Å². The van der Waals surface area contributed by atoms with E-state index in [4.69, 9.17) is 16.6 Å². The number of aryl methyl sites for hydroxylation is 2. The van der Waals surface area contributed by atoms with Gasteiger partial charge in [0.05, 0.1) is 11.0 Å². The van der Waals surface area contributed by atoms with Crippen LogP contribution >= 0.6 is 22.9 Å². The largest absolute Gasteiger partial charge is 0.320 e. The van der Waals surface area contributed by atoms with Crippen molar-refractivity contribution in [1.29, 1.82) is 0 Å². The van der Waals surface area contributed by atoms with Crippen molar-refractivity contribution in [2.45, 2.75) is 20.4 Å². The topological polar surface area (TPSA) is 17.8 Å². The Hall–Kier alpha value is -2.36. The number of benzene rings is 2. The van der Waals surface area contributed by atoms with Crippen LogP contribution in [0.3, 0.4) is 0 Å². The second-order valence-electron chi connectivity index (χ2n) is 6.50. The van der Waals surface area contributed by atoms with Crippen LogP contribution in [0.5, 0.6) is 0 Å². The van der Waals surface area contributed by atoms with Gasteiger partial charge in [0.25, 0.3) is 0 Å². The van der Waals surface area contributed by atoms with Gasteiger partial charge in [0.15, 0.2) is 0 Å². The zero-order valence-corrected chi connectivity index (χ0v) is 16.3. The molecule has 0 aliphatic carbocycles. The Kier molecular flexibility index (Phi) is 4.66. The molecule has 0 fully saturated rings. The summed E-state index contributed by atoms with van der Waals surface area (Å²) in [5.74, 6) is 0.964. The standard InChI is InChI=1S/C22H19ClN2S/c1-15-11-20-21(12-16(15)2)25(13-17-3-6-19(23)7-4-17)22(24-20)8-5-18-9-10-26-14-18/h3-12,14H,13H2,1-2H3. The zero-order valence-electron chi connectivity index (χ0n) is 14.7. The van der Waals surface area contributed by atoms with Gasteiger partial charge in [-0.1, -0.05) is 29.8 Å². The molecule has 0 spiro atoms. The first-order valence-corrected chi connectivity index (χ1v) is 9.84. The van der Waals surface area contributed by atoms with E-state index < -0.39 is 0 Å². The lowest BCUT2D eigenvalue weighted by Crippen LogP contribution is -2.02. The number of aromatic nitrogens is 2. The van der Waals surface area contributed by atoms with Gasteiger partial charge in [0, 0.05) is 11.6 Å². The van der Waals surface area contributed by atoms with Gasteiger partial charge in [-0.15, -0.1) is 0 Å². The molecule has 0 amide bonds. The Labute approximate surface area is 162 Å². The highest BCUT2D eigenvalue weighted by Crippen LogP contribution is 2.24. The van der Waals surface area contributed by atoms with Gasteiger partial charge in [0.2, 0.25) is 0 Å². The molecule has 2 aromatic carbocycles. The maximum atomic E-state index is 6.04. The van der Waals surface area contributed by atoms with E-state index in [0.29, 0.717) is 0 Å². The van der Waals surface area contributed by atoms with E-state index in [1.165, 1.54) is 22.3 Å². The summed E-state index contributed by atoms with van der Waals surface area (Å²) >= 11 is 7.74. The number of fused-ring (bicyclic) bond motifs is 1. The van der Waals surface area contributed by atoms with Crippen molar-refractivity contribution >= 4 is 46.1 Å². The fourth-order valence-electron chi connectivity index (χ4n) is 3.01. The molecule has 0 atom stereocenters. The highest BCUT2D eigenvalue weighted by molar-refractivity contribution is 7.08. The van der Waals surface area contributed by atoms with E-state index in [0.717, 1.165) is 28.4 Å². The smallest absolute Gasteiger partial charge is 0.134 e. The van der Waals surface area contributed by atoms with Crippen molar-refractivity contribution in [1.82, 2.24) is 9.55 Å². The van der Waals surface area contributed by atoms with Gasteiger partial charge in [0.1, 0.15) is 5.82 Å². The molecule has 0 N–H and O–H groups in total. The Morgan fingerprint density at radius 3 is 2.54 bits per heavy atom. The molecule has 4 aromatic rings. The minimum atomic E-state index is 0.758. The normalized spacial score (nSPS) is 11.7. The van der Waals surface area contributed by atoms with Crippen LogP contribution in [-0.4, -0.2) is 9.55 Å². The quantitative estimate of drug-likeness (QED) is 0.391. The Morgan fingerprint density at radius 1 is 1.04 bits per heavy atom. The first-order chi connectivity index (χ1) is 12.6. The number of thiophene rings is 1. The summed E-state index contributed by atoms with van der Waals surface area (Å²) in [6.07, 6.45) is 4.22. The second-order valence-corrected chi connectivity index (χ2v) is 7.71. The van der Waals surface area contributed by atoms with Gasteiger partial charge in [-0.3, -0.25) is 0 Å². The predicted molar refractivity (Wildman–Crippen MR) is 113 cm³/mol. The first kappa shape index (κ1) is 17.1. The molecule has 2 heterocycles. The monoisotopic (exact) mass is 378 g/mol. The number of halogens is 1. The minimum absolute atomic E-state index is 0.758. The lowest BCUT2D eigenvalue weighted by Gasteiger charge is -2.09. The Balaban J connectivity index is 1.82. The fraction of sp³-hybridized carbons (Fsp3) is 0.136. The SMILES string of the molecule is Cc1cc2nc(C=Cc3ccsc3)n(Cc3ccc(Cl)cc3)c2cc1C. The van der Waals surface area contributed by atoms with E-state index in [2.05, 4.69) is 71.7 Å². The molecular weight excluding hydrogens is 360 g/mol. The van der Waals surface area contributed by atoms with Crippen LogP contribution in [-0.2, 0) is 6.54 Å². The second kappa shape index (κ2) is 7.10. The molecule has 2 aromatic heterocycles. The number of hydrogen-bond acceptors (Lipinski definition) is 2. The Bertz CT molecular complexity index is 1070. The van der Waals surface area contributed by atoms with Crippen molar-refractivity contribution in [2.75, 3.05) is 0 Å². The average Bonchev–Trinajstić information content (AvgIpc) is 3.25. The summed E-state index contributed by atoms with van der Waals surface area (Å²) in [7, 11) is 0. The van der Waals surface area contributed by atoms with Crippen LogP contribution in [0.2, 0.25) is 5.02 Å². The van der Waals surface area contributed by atoms with Crippen molar-refractivity contribution < 1.29 is 0 Å². The molecule has 26 heavy (non-hydrogen) atoms. The van der Waals surface area contributed by atoms with E-state index in [-0.39, 0.29) is 0 Å². The number of nitrogens with zero attached hydrogens (tertiary/aromatic N) is 2. The molecule has 0 radical (unpaired) electrons. The summed E-state index contributed by atoms with van der Waals surface area (Å²) in [6.45, 7) is 5.04. The average molecular weight is 379 g/mol. The fourth-order valence-corrected chi connectivity index (χ4v) is 3.76. The number of hydrogen-bond donors (Lipinski definition) is 0. The maximum Gasteiger partial charge on any atom is 0.134 e. The Morgan fingerprint density at radius 2 is 1.81 bits per heavy atom. The molecule has 0 unspecified atom stereocenters. The summed E-state index contributed by atoms with van der Waals surface area (Å²) < 4.78 is 2.27. The van der Waals surface area contributed by atoms with E-state index in [1.807, 2.05) is 12.1 Å². The lowest BCUT2D eigenvalue weighted by molar-refractivity contribution is 0.813. The first-order valence-electron chi connectivity index (χ1n) is 8.52. The molecule has 0 bridgehead atoms. The van der Waals surface area contributed by atoms with Crippen LogP contribution < -0.4 is 0 Å². The van der Waals surface area contributed by atoms with Gasteiger partial charge in [-0.25, -0.2) is 4.98 Å². The lowest BCUT2D eigenvalue weighted by atomic mass is 10.1. The van der Waals surface area contributed by atoms with E-state index in [1.54, 1.807) is 11.3 Å². The number of rotatable bonds is 4. The van der Waals surface area contributed by atoms with Crippen LogP contribution in [0.15, 0.2) is 53.2 Å². The molecule has 4 heteroatoms. The van der Waals surface area contributed by atoms with Crippen LogP contribution in [0.4, 0.5) is 0 Å². The van der Waals surface area contributed by atoms with Crippen molar-refractivity contribution in [3.8, 4) is 0 Å². The molecule has 2 nitrogen and oxygen atoms in total. The minimum Gasteiger partial charge on any atom is -0.320 e. The van der Waals surface area contributed by atoms with Gasteiger partial charge in [-0.05, 0) is 83.3 Å². The number of imidazole rings is 1. The van der Waals surface area contributed by atoms with Crippen molar-refractivity contribution in [3.63, 3.8) is 0 Å². The summed E-state index contributed by atoms with van der Waals surface area (Å²) in [4.78, 5) is 4.88. The summed E-state index contributed by atoms with van der Waals surface area (Å²) in [5.41, 5.74) is 7.15. The molecule has 0 saturated heterocycles.